The van der Waals surface area contributed by atoms with Gasteiger partial charge in [0, 0.05) is 25.2 Å². The maximum absolute atomic E-state index is 12.9. The van der Waals surface area contributed by atoms with Gasteiger partial charge in [-0.05, 0) is 49.7 Å². The van der Waals surface area contributed by atoms with Crippen molar-refractivity contribution in [2.75, 3.05) is 32.8 Å². The molecule has 1 aliphatic heterocycles. The van der Waals surface area contributed by atoms with Crippen molar-refractivity contribution in [2.24, 2.45) is 0 Å². The Bertz CT molecular complexity index is 629. The molecule has 1 aliphatic rings. The highest BCUT2D eigenvalue weighted by atomic mass is 19.1. The van der Waals surface area contributed by atoms with Crippen LogP contribution in [0.15, 0.2) is 36.5 Å². The third kappa shape index (κ3) is 4.55. The van der Waals surface area contributed by atoms with Crippen LogP contribution in [-0.4, -0.2) is 52.6 Å². The smallest absolute Gasteiger partial charge is 0.123 e. The Kier molecular flexibility index (Phi) is 5.82. The van der Waals surface area contributed by atoms with Gasteiger partial charge in [0.15, 0.2) is 0 Å². The molecule has 1 fully saturated rings. The molecule has 1 aromatic carbocycles. The summed E-state index contributed by atoms with van der Waals surface area (Å²) in [5, 5.41) is 13.5. The third-order valence-electron chi connectivity index (χ3n) is 4.40. The molecule has 1 unspecified atom stereocenters. The summed E-state index contributed by atoms with van der Waals surface area (Å²) in [7, 11) is 0. The molecule has 0 amide bonds. The summed E-state index contributed by atoms with van der Waals surface area (Å²) in [4.78, 5) is 2.39. The summed E-state index contributed by atoms with van der Waals surface area (Å²) in [6.45, 7) is 4.15. The normalized spacial score (nSPS) is 18.7. The number of ether oxygens (including phenoxy) is 1. The predicted molar refractivity (Wildman–Crippen MR) is 89.6 cm³/mol. The van der Waals surface area contributed by atoms with E-state index in [4.69, 9.17) is 9.84 Å². The van der Waals surface area contributed by atoms with Gasteiger partial charge in [-0.15, -0.1) is 0 Å². The Balaban J connectivity index is 1.47. The van der Waals surface area contributed by atoms with E-state index in [-0.39, 0.29) is 12.4 Å². The number of piperidine rings is 1. The maximum atomic E-state index is 12.9. The fraction of sp³-hybridized carbons (Fsp3) is 0.500. The van der Waals surface area contributed by atoms with Gasteiger partial charge in [-0.1, -0.05) is 0 Å². The number of aliphatic hydroxyl groups is 1. The van der Waals surface area contributed by atoms with Crippen LogP contribution in [0.3, 0.4) is 0 Å². The van der Waals surface area contributed by atoms with Crippen LogP contribution < -0.4 is 4.74 Å². The molecule has 1 atom stereocenters. The number of hydrogen-bond donors (Lipinski definition) is 1. The van der Waals surface area contributed by atoms with Gasteiger partial charge >= 0.3 is 0 Å². The SMILES string of the molecule is OCCn1ccc(C2CCCN(CCOc3ccc(F)cc3)C2)n1. The molecule has 2 aromatic rings. The van der Waals surface area contributed by atoms with Crippen LogP contribution in [-0.2, 0) is 6.54 Å². The molecule has 6 heteroatoms. The molecule has 1 N–H and O–H groups in total. The Labute approximate surface area is 141 Å². The minimum Gasteiger partial charge on any atom is -0.492 e. The van der Waals surface area contributed by atoms with Crippen molar-refractivity contribution in [1.82, 2.24) is 14.7 Å². The van der Waals surface area contributed by atoms with Gasteiger partial charge in [-0.2, -0.15) is 5.10 Å². The van der Waals surface area contributed by atoms with Gasteiger partial charge in [-0.3, -0.25) is 9.58 Å². The number of aliphatic hydroxyl groups excluding tert-OH is 1. The van der Waals surface area contributed by atoms with Crippen LogP contribution in [0.4, 0.5) is 4.39 Å². The second kappa shape index (κ2) is 8.26. The molecule has 0 spiro atoms. The van der Waals surface area contributed by atoms with E-state index >= 15 is 0 Å². The summed E-state index contributed by atoms with van der Waals surface area (Å²) in [5.41, 5.74) is 1.10. The van der Waals surface area contributed by atoms with E-state index < -0.39 is 0 Å². The quantitative estimate of drug-likeness (QED) is 0.844. The molecule has 0 bridgehead atoms. The fourth-order valence-electron chi connectivity index (χ4n) is 3.15. The van der Waals surface area contributed by atoms with Crippen LogP contribution in [0.1, 0.15) is 24.5 Å². The molecule has 5 nitrogen and oxygen atoms in total. The second-order valence-electron chi connectivity index (χ2n) is 6.17. The highest BCUT2D eigenvalue weighted by Crippen LogP contribution is 2.25. The van der Waals surface area contributed by atoms with Gasteiger partial charge in [0.25, 0.3) is 0 Å². The first-order valence-electron chi connectivity index (χ1n) is 8.49. The highest BCUT2D eigenvalue weighted by Gasteiger charge is 2.23. The molecule has 1 aromatic heterocycles. The van der Waals surface area contributed by atoms with E-state index in [1.807, 2.05) is 6.20 Å². The summed E-state index contributed by atoms with van der Waals surface area (Å²) in [6, 6.07) is 8.19. The average Bonchev–Trinajstić information content (AvgIpc) is 3.06. The lowest BCUT2D eigenvalue weighted by atomic mass is 9.95. The number of aromatic nitrogens is 2. The Morgan fingerprint density at radius 1 is 1.21 bits per heavy atom. The van der Waals surface area contributed by atoms with Crippen LogP contribution >= 0.6 is 0 Å². The first kappa shape index (κ1) is 16.9. The van der Waals surface area contributed by atoms with Gasteiger partial charge < -0.3 is 9.84 Å². The van der Waals surface area contributed by atoms with Crippen molar-refractivity contribution in [1.29, 1.82) is 0 Å². The van der Waals surface area contributed by atoms with Crippen LogP contribution in [0, 0.1) is 5.82 Å². The van der Waals surface area contributed by atoms with Gasteiger partial charge in [0.2, 0.25) is 0 Å². The third-order valence-corrected chi connectivity index (χ3v) is 4.40. The monoisotopic (exact) mass is 333 g/mol. The molecule has 3 rings (SSSR count). The van der Waals surface area contributed by atoms with Gasteiger partial charge in [0.05, 0.1) is 18.8 Å². The fourth-order valence-corrected chi connectivity index (χ4v) is 3.15. The van der Waals surface area contributed by atoms with E-state index in [9.17, 15) is 4.39 Å². The molecule has 24 heavy (non-hydrogen) atoms. The summed E-state index contributed by atoms with van der Waals surface area (Å²) in [5.74, 6) is 0.888. The van der Waals surface area contributed by atoms with Crippen molar-refractivity contribution in [3.8, 4) is 5.75 Å². The van der Waals surface area contributed by atoms with Crippen molar-refractivity contribution in [2.45, 2.75) is 25.3 Å². The molecule has 1 saturated heterocycles. The van der Waals surface area contributed by atoms with E-state index in [1.54, 1.807) is 16.8 Å². The summed E-state index contributed by atoms with van der Waals surface area (Å²) >= 11 is 0. The summed E-state index contributed by atoms with van der Waals surface area (Å²) < 4.78 is 20.4. The van der Waals surface area contributed by atoms with E-state index in [0.29, 0.717) is 24.8 Å². The average molecular weight is 333 g/mol. The minimum atomic E-state index is -0.248. The van der Waals surface area contributed by atoms with Crippen molar-refractivity contribution >= 4 is 0 Å². The standard InChI is InChI=1S/C18H24FN3O2/c19-16-3-5-17(6-4-16)24-13-11-21-8-1-2-15(14-21)18-7-9-22(20-18)10-12-23/h3-7,9,15,23H,1-2,8,10-14H2. The molecule has 0 aliphatic carbocycles. The molecule has 0 radical (unpaired) electrons. The van der Waals surface area contributed by atoms with Crippen LogP contribution in [0.5, 0.6) is 5.75 Å². The van der Waals surface area contributed by atoms with Crippen molar-refractivity contribution in [3.05, 3.63) is 48.0 Å². The van der Waals surface area contributed by atoms with Crippen LogP contribution in [0.2, 0.25) is 0 Å². The number of rotatable bonds is 7. The minimum absolute atomic E-state index is 0.110. The number of halogens is 1. The lowest BCUT2D eigenvalue weighted by Gasteiger charge is -2.31. The lowest BCUT2D eigenvalue weighted by Crippen LogP contribution is -2.37. The first-order valence-corrected chi connectivity index (χ1v) is 8.49. The number of hydrogen-bond acceptors (Lipinski definition) is 4. The molecule has 0 saturated carbocycles. The lowest BCUT2D eigenvalue weighted by molar-refractivity contribution is 0.168. The molecule has 2 heterocycles. The number of likely N-dealkylation sites (tertiary alicyclic amines) is 1. The molecule has 130 valence electrons. The van der Waals surface area contributed by atoms with E-state index in [1.165, 1.54) is 12.1 Å². The molecular formula is C18H24FN3O2. The zero-order valence-corrected chi connectivity index (χ0v) is 13.8. The van der Waals surface area contributed by atoms with Crippen molar-refractivity contribution in [3.63, 3.8) is 0 Å². The maximum Gasteiger partial charge on any atom is 0.123 e. The largest absolute Gasteiger partial charge is 0.492 e. The van der Waals surface area contributed by atoms with E-state index in [2.05, 4.69) is 16.1 Å². The van der Waals surface area contributed by atoms with Crippen molar-refractivity contribution < 1.29 is 14.2 Å². The van der Waals surface area contributed by atoms with Gasteiger partial charge in [-0.25, -0.2) is 4.39 Å². The summed E-state index contributed by atoms with van der Waals surface area (Å²) in [6.07, 6.45) is 4.22. The van der Waals surface area contributed by atoms with Crippen LogP contribution in [0.25, 0.3) is 0 Å². The zero-order chi connectivity index (χ0) is 16.8. The number of benzene rings is 1. The Morgan fingerprint density at radius 3 is 2.83 bits per heavy atom. The zero-order valence-electron chi connectivity index (χ0n) is 13.8. The Morgan fingerprint density at radius 2 is 2.04 bits per heavy atom. The Hall–Kier alpha value is -1.92. The topological polar surface area (TPSA) is 50.5 Å². The van der Waals surface area contributed by atoms with E-state index in [0.717, 1.165) is 38.2 Å². The highest BCUT2D eigenvalue weighted by molar-refractivity contribution is 5.22. The predicted octanol–water partition coefficient (Wildman–Crippen LogP) is 2.27. The second-order valence-corrected chi connectivity index (χ2v) is 6.17. The van der Waals surface area contributed by atoms with Gasteiger partial charge in [0.1, 0.15) is 18.2 Å². The number of nitrogens with zero attached hydrogens (tertiary/aromatic N) is 3. The first-order chi connectivity index (χ1) is 11.7. The molecular weight excluding hydrogens is 309 g/mol.